The van der Waals surface area contributed by atoms with Crippen LogP contribution in [-0.4, -0.2) is 10.9 Å². The van der Waals surface area contributed by atoms with Crippen molar-refractivity contribution >= 4 is 17.5 Å². The van der Waals surface area contributed by atoms with E-state index >= 15 is 0 Å². The Balaban J connectivity index is 3.03. The summed E-state index contributed by atoms with van der Waals surface area (Å²) < 4.78 is 0. The maximum absolute atomic E-state index is 10.7. The van der Waals surface area contributed by atoms with Crippen molar-refractivity contribution in [3.8, 4) is 0 Å². The molecule has 1 amide bonds. The number of nitrogens with two attached hydrogens (primary N) is 1. The highest BCUT2D eigenvalue weighted by atomic mass is 35.5. The minimum atomic E-state index is -0.650. The van der Waals surface area contributed by atoms with Crippen molar-refractivity contribution < 1.29 is 10.3 Å². The Morgan fingerprint density at radius 3 is 3.00 bits per heavy atom. The normalized spacial score (nSPS) is 9.64. The molecule has 0 saturated heterocycles. The van der Waals surface area contributed by atoms with Gasteiger partial charge < -0.3 is 10.7 Å². The van der Waals surface area contributed by atoms with E-state index in [1.165, 1.54) is 12.3 Å². The zero-order valence-electron chi connectivity index (χ0n) is 5.45. The number of nitrogens with zero attached hydrogens (tertiary/aromatic N) is 1. The molecule has 0 atom stereocenters. The molecule has 0 aromatic carbocycles. The largest absolute Gasteiger partial charge is 0.628 e. The molecule has 2 N–H and O–H groups in total. The second-order valence-electron chi connectivity index (χ2n) is 1.82. The van der Waals surface area contributed by atoms with Gasteiger partial charge in [-0.1, -0.05) is 11.6 Å². The number of carbonyl (C=O) groups excluding carboxylic acids is 1. The summed E-state index contributed by atoms with van der Waals surface area (Å²) in [6, 6.07) is 2.99. The number of primary amides is 1. The molecular formula is C6H5ClN2O2. The lowest BCUT2D eigenvalue weighted by Crippen LogP contribution is -2.81. The van der Waals surface area contributed by atoms with E-state index in [2.05, 4.69) is 4.98 Å². The molecule has 0 aliphatic heterocycles. The van der Waals surface area contributed by atoms with E-state index in [0.29, 0.717) is 0 Å². The van der Waals surface area contributed by atoms with Crippen LogP contribution in [0, 0.1) is 5.21 Å². The second-order valence-corrected chi connectivity index (χ2v) is 2.18. The summed E-state index contributed by atoms with van der Waals surface area (Å²) in [5.41, 5.74) is 0.354. The van der Waals surface area contributed by atoms with Crippen LogP contribution in [0.4, 0.5) is 0 Å². The molecule has 0 radical (unpaired) electrons. The minimum absolute atomic E-state index is 0.0598. The lowest BCUT2D eigenvalue weighted by atomic mass is 10.3. The molecule has 1 aromatic heterocycles. The number of hydrogen-bond acceptors (Lipinski definition) is 3. The van der Waals surface area contributed by atoms with Gasteiger partial charge in [0.15, 0.2) is 0 Å². The second kappa shape index (κ2) is 3.43. The molecule has 0 aliphatic carbocycles. The van der Waals surface area contributed by atoms with Crippen molar-refractivity contribution in [1.82, 2.24) is 4.98 Å². The maximum atomic E-state index is 10.7. The average molecular weight is 173 g/mol. The molecule has 1 heterocycles. The van der Waals surface area contributed by atoms with Gasteiger partial charge in [-0.15, -0.1) is 0 Å². The number of aromatic nitrogens is 1. The molecule has 11 heavy (non-hydrogen) atoms. The zero-order valence-corrected chi connectivity index (χ0v) is 6.21. The summed E-state index contributed by atoms with van der Waals surface area (Å²) in [7, 11) is 0. The fourth-order valence-corrected chi connectivity index (χ4v) is 0.846. The van der Waals surface area contributed by atoms with Gasteiger partial charge in [0, 0.05) is 6.20 Å². The molecule has 1 aromatic rings. The van der Waals surface area contributed by atoms with Crippen LogP contribution in [0.5, 0.6) is 0 Å². The first-order valence-electron chi connectivity index (χ1n) is 2.85. The fourth-order valence-electron chi connectivity index (χ4n) is 0.633. The first kappa shape index (κ1) is 8.13. The van der Waals surface area contributed by atoms with Crippen molar-refractivity contribution in [2.45, 2.75) is 0 Å². The molecule has 0 aliphatic rings. The number of quaternary nitrogens is 1. The zero-order chi connectivity index (χ0) is 8.27. The van der Waals surface area contributed by atoms with Gasteiger partial charge in [-0.2, -0.15) is 0 Å². The van der Waals surface area contributed by atoms with Crippen molar-refractivity contribution in [3.05, 3.63) is 34.3 Å². The van der Waals surface area contributed by atoms with E-state index in [1.807, 2.05) is 0 Å². The van der Waals surface area contributed by atoms with Gasteiger partial charge in [0.1, 0.15) is 10.7 Å². The Kier molecular flexibility index (Phi) is 2.53. The Labute approximate surface area is 67.8 Å². The molecule has 0 fully saturated rings. The van der Waals surface area contributed by atoms with Crippen LogP contribution in [0.1, 0.15) is 10.4 Å². The van der Waals surface area contributed by atoms with E-state index in [9.17, 15) is 10.0 Å². The number of hydroxylamine groups is 1. The molecule has 0 saturated carbocycles. The third-order valence-electron chi connectivity index (χ3n) is 1.13. The van der Waals surface area contributed by atoms with Crippen LogP contribution in [-0.2, 0) is 0 Å². The average Bonchev–Trinajstić information content (AvgIpc) is 2.04. The van der Waals surface area contributed by atoms with Crippen LogP contribution in [0.3, 0.4) is 0 Å². The molecule has 5 heteroatoms. The quantitative estimate of drug-likeness (QED) is 0.477. The van der Waals surface area contributed by atoms with Gasteiger partial charge in [0.25, 0.3) is 0 Å². The summed E-state index contributed by atoms with van der Waals surface area (Å²) in [5.74, 6) is -0.650. The highest BCUT2D eigenvalue weighted by molar-refractivity contribution is 6.32. The molecule has 58 valence electrons. The van der Waals surface area contributed by atoms with Gasteiger partial charge in [0.2, 0.25) is 0 Å². The number of rotatable bonds is 1. The Morgan fingerprint density at radius 1 is 1.73 bits per heavy atom. The fraction of sp³-hybridized carbons (Fsp3) is 0. The van der Waals surface area contributed by atoms with Gasteiger partial charge in [-0.25, -0.2) is 9.78 Å². The molecule has 0 bridgehead atoms. The lowest BCUT2D eigenvalue weighted by molar-refractivity contribution is -0.481. The SMILES string of the molecule is O=C([NH2+][O-])c1cccnc1Cl. The first-order valence-corrected chi connectivity index (χ1v) is 3.23. The smallest absolute Gasteiger partial charge is 0.345 e. The van der Waals surface area contributed by atoms with Gasteiger partial charge in [-0.3, -0.25) is 0 Å². The lowest BCUT2D eigenvalue weighted by Gasteiger charge is -1.99. The van der Waals surface area contributed by atoms with Crippen molar-refractivity contribution in [2.75, 3.05) is 0 Å². The van der Waals surface area contributed by atoms with Crippen LogP contribution >= 0.6 is 11.6 Å². The molecular weight excluding hydrogens is 168 g/mol. The predicted molar refractivity (Wildman–Crippen MR) is 38.9 cm³/mol. The summed E-state index contributed by atoms with van der Waals surface area (Å²) in [5, 5.41) is 10.1. The monoisotopic (exact) mass is 172 g/mol. The molecule has 0 unspecified atom stereocenters. The van der Waals surface area contributed by atoms with Crippen LogP contribution < -0.4 is 5.48 Å². The third kappa shape index (κ3) is 1.74. The van der Waals surface area contributed by atoms with E-state index in [4.69, 9.17) is 11.6 Å². The van der Waals surface area contributed by atoms with Crippen molar-refractivity contribution in [2.24, 2.45) is 0 Å². The number of hydrogen-bond donors (Lipinski definition) is 1. The topological polar surface area (TPSA) is 69.6 Å². The molecule has 1 rings (SSSR count). The Bertz CT molecular complexity index is 277. The summed E-state index contributed by atoms with van der Waals surface area (Å²) in [6.45, 7) is 0. The molecule has 0 spiro atoms. The minimum Gasteiger partial charge on any atom is -0.628 e. The number of pyridine rings is 1. The van der Waals surface area contributed by atoms with E-state index in [-0.39, 0.29) is 16.2 Å². The van der Waals surface area contributed by atoms with Crippen LogP contribution in [0.25, 0.3) is 0 Å². The van der Waals surface area contributed by atoms with Crippen LogP contribution in [0.2, 0.25) is 5.15 Å². The standard InChI is InChI=1S/C6H5ClN2O2/c7-5-4(6(10)9-11)2-1-3-8-5/h1-3H,9H2. The summed E-state index contributed by atoms with van der Waals surface area (Å²) in [4.78, 5) is 14.4. The number of amides is 1. The van der Waals surface area contributed by atoms with Crippen molar-refractivity contribution in [1.29, 1.82) is 0 Å². The Morgan fingerprint density at radius 2 is 2.45 bits per heavy atom. The number of halogens is 1. The van der Waals surface area contributed by atoms with E-state index in [0.717, 1.165) is 0 Å². The van der Waals surface area contributed by atoms with E-state index < -0.39 is 5.91 Å². The van der Waals surface area contributed by atoms with Gasteiger partial charge in [0.05, 0.1) is 0 Å². The van der Waals surface area contributed by atoms with E-state index in [1.54, 1.807) is 6.07 Å². The summed E-state index contributed by atoms with van der Waals surface area (Å²) >= 11 is 5.51. The molecule has 4 nitrogen and oxygen atoms in total. The van der Waals surface area contributed by atoms with Crippen molar-refractivity contribution in [3.63, 3.8) is 0 Å². The van der Waals surface area contributed by atoms with Gasteiger partial charge in [-0.05, 0) is 12.1 Å². The van der Waals surface area contributed by atoms with Crippen LogP contribution in [0.15, 0.2) is 18.3 Å². The maximum Gasteiger partial charge on any atom is 0.345 e. The third-order valence-corrected chi connectivity index (χ3v) is 1.43. The number of carbonyl (C=O) groups is 1. The summed E-state index contributed by atoms with van der Waals surface area (Å²) in [6.07, 6.45) is 1.45. The van der Waals surface area contributed by atoms with Gasteiger partial charge >= 0.3 is 5.91 Å². The highest BCUT2D eigenvalue weighted by Gasteiger charge is 2.09. The predicted octanol–water partition coefficient (Wildman–Crippen LogP) is -0.0636. The Hall–Kier alpha value is -0.970. The highest BCUT2D eigenvalue weighted by Crippen LogP contribution is 2.09. The first-order chi connectivity index (χ1) is 5.25.